The van der Waals surface area contributed by atoms with E-state index in [0.29, 0.717) is 23.4 Å². The lowest BCUT2D eigenvalue weighted by atomic mass is 10.0. The van der Waals surface area contributed by atoms with Crippen LogP contribution in [-0.4, -0.2) is 23.8 Å². The Morgan fingerprint density at radius 1 is 0.824 bits per heavy atom. The molecule has 6 heteroatoms. The van der Waals surface area contributed by atoms with Gasteiger partial charge in [-0.05, 0) is 67.8 Å². The number of hydrogen-bond donors (Lipinski definition) is 1. The van der Waals surface area contributed by atoms with Gasteiger partial charge in [0.25, 0.3) is 0 Å². The van der Waals surface area contributed by atoms with Gasteiger partial charge in [-0.3, -0.25) is 14.4 Å². The van der Waals surface area contributed by atoms with Crippen LogP contribution in [-0.2, 0) is 14.3 Å². The molecule has 0 saturated heterocycles. The molecule has 0 aliphatic rings. The number of carbonyl (C=O) groups is 3. The quantitative estimate of drug-likeness (QED) is 0.296. The maximum absolute atomic E-state index is 12.5. The molecule has 0 aromatic heterocycles. The first kappa shape index (κ1) is 24.7. The molecule has 3 aromatic carbocycles. The lowest BCUT2D eigenvalue weighted by Gasteiger charge is -2.15. The van der Waals surface area contributed by atoms with Crippen LogP contribution in [0.2, 0.25) is 0 Å². The molecule has 0 saturated carbocycles. The van der Waals surface area contributed by atoms with Crippen molar-refractivity contribution in [2.24, 2.45) is 0 Å². The Morgan fingerprint density at radius 2 is 1.50 bits per heavy atom. The van der Waals surface area contributed by atoms with Gasteiger partial charge in [-0.1, -0.05) is 43.3 Å². The van der Waals surface area contributed by atoms with Crippen LogP contribution in [0, 0.1) is 13.8 Å². The van der Waals surface area contributed by atoms with Crippen LogP contribution in [0.4, 0.5) is 5.69 Å². The van der Waals surface area contributed by atoms with Gasteiger partial charge in [-0.15, -0.1) is 0 Å². The number of nitrogens with one attached hydrogen (secondary N) is 1. The Hall–Kier alpha value is -3.93. The maximum atomic E-state index is 12.5. The standard InChI is InChI=1S/C28H29NO5/c1-4-25(28(32)21-8-6-5-7-9-21)34-27(31)17-16-26(30)29-22-11-14-23(15-12-22)33-24-13-10-19(2)20(3)18-24/h5-15,18,25H,4,16-17H2,1-3H3,(H,29,30). The van der Waals surface area contributed by atoms with Crippen LogP contribution in [0.25, 0.3) is 0 Å². The van der Waals surface area contributed by atoms with Crippen molar-refractivity contribution < 1.29 is 23.9 Å². The monoisotopic (exact) mass is 459 g/mol. The molecule has 1 unspecified atom stereocenters. The van der Waals surface area contributed by atoms with E-state index >= 15 is 0 Å². The molecule has 0 spiro atoms. The van der Waals surface area contributed by atoms with Crippen LogP contribution < -0.4 is 10.1 Å². The number of benzene rings is 3. The number of rotatable bonds is 10. The molecule has 34 heavy (non-hydrogen) atoms. The second kappa shape index (κ2) is 11.8. The fourth-order valence-corrected chi connectivity index (χ4v) is 3.29. The number of amides is 1. The normalized spacial score (nSPS) is 11.4. The molecule has 1 N–H and O–H groups in total. The van der Waals surface area contributed by atoms with Crippen molar-refractivity contribution in [3.05, 3.63) is 89.5 Å². The first-order valence-electron chi connectivity index (χ1n) is 11.3. The zero-order valence-corrected chi connectivity index (χ0v) is 19.7. The molecule has 6 nitrogen and oxygen atoms in total. The highest BCUT2D eigenvalue weighted by atomic mass is 16.5. The Kier molecular flexibility index (Phi) is 8.57. The topological polar surface area (TPSA) is 81.7 Å². The smallest absolute Gasteiger partial charge is 0.307 e. The minimum absolute atomic E-state index is 0.0459. The number of esters is 1. The number of ketones is 1. The maximum Gasteiger partial charge on any atom is 0.307 e. The number of ether oxygens (including phenoxy) is 2. The summed E-state index contributed by atoms with van der Waals surface area (Å²) >= 11 is 0. The van der Waals surface area contributed by atoms with Crippen molar-refractivity contribution in [2.45, 2.75) is 46.1 Å². The minimum atomic E-state index is -0.858. The fourth-order valence-electron chi connectivity index (χ4n) is 3.29. The van der Waals surface area contributed by atoms with Crippen LogP contribution in [0.3, 0.4) is 0 Å². The van der Waals surface area contributed by atoms with E-state index in [9.17, 15) is 14.4 Å². The third kappa shape index (κ3) is 7.04. The molecule has 1 atom stereocenters. The number of Topliss-reactive ketones (excluding diaryl/α,β-unsaturated/α-hetero) is 1. The molecule has 3 rings (SSSR count). The molecule has 1 amide bonds. The van der Waals surface area contributed by atoms with E-state index in [1.54, 1.807) is 55.5 Å². The SMILES string of the molecule is CCC(OC(=O)CCC(=O)Nc1ccc(Oc2ccc(C)c(C)c2)cc1)C(=O)c1ccccc1. The van der Waals surface area contributed by atoms with Gasteiger partial charge >= 0.3 is 5.97 Å². The minimum Gasteiger partial charge on any atom is -0.457 e. The fraction of sp³-hybridized carbons (Fsp3) is 0.250. The second-order valence-electron chi connectivity index (χ2n) is 8.04. The summed E-state index contributed by atoms with van der Waals surface area (Å²) in [5, 5.41) is 2.75. The van der Waals surface area contributed by atoms with Crippen LogP contribution in [0.1, 0.15) is 47.7 Å². The molecule has 0 bridgehead atoms. The third-order valence-corrected chi connectivity index (χ3v) is 5.40. The molecule has 0 heterocycles. The van der Waals surface area contributed by atoms with Gasteiger partial charge in [0.2, 0.25) is 11.7 Å². The molecular formula is C28H29NO5. The summed E-state index contributed by atoms with van der Waals surface area (Å²) < 4.78 is 11.2. The van der Waals surface area contributed by atoms with Crippen LogP contribution in [0.15, 0.2) is 72.8 Å². The summed E-state index contributed by atoms with van der Waals surface area (Å²) in [7, 11) is 0. The molecular weight excluding hydrogens is 430 g/mol. The Balaban J connectivity index is 1.46. The van der Waals surface area contributed by atoms with Gasteiger partial charge in [0, 0.05) is 17.7 Å². The van der Waals surface area contributed by atoms with E-state index < -0.39 is 12.1 Å². The molecule has 3 aromatic rings. The van der Waals surface area contributed by atoms with Gasteiger partial charge < -0.3 is 14.8 Å². The Bertz CT molecular complexity index is 1140. The van der Waals surface area contributed by atoms with Gasteiger partial charge in [0.05, 0.1) is 6.42 Å². The van der Waals surface area contributed by atoms with Gasteiger partial charge in [0.15, 0.2) is 6.10 Å². The van der Waals surface area contributed by atoms with Crippen molar-refractivity contribution in [1.29, 1.82) is 0 Å². The summed E-state index contributed by atoms with van der Waals surface area (Å²) in [6, 6.07) is 21.6. The van der Waals surface area contributed by atoms with E-state index in [4.69, 9.17) is 9.47 Å². The van der Waals surface area contributed by atoms with E-state index in [-0.39, 0.29) is 24.5 Å². The lowest BCUT2D eigenvalue weighted by Crippen LogP contribution is -2.27. The van der Waals surface area contributed by atoms with Crippen molar-refractivity contribution in [1.82, 2.24) is 0 Å². The average molecular weight is 460 g/mol. The highest BCUT2D eigenvalue weighted by Gasteiger charge is 2.22. The molecule has 0 aliphatic heterocycles. The number of aryl methyl sites for hydroxylation is 2. The summed E-state index contributed by atoms with van der Waals surface area (Å²) in [5.41, 5.74) is 3.43. The number of hydrogen-bond acceptors (Lipinski definition) is 5. The Morgan fingerprint density at radius 3 is 2.15 bits per heavy atom. The first-order chi connectivity index (χ1) is 16.4. The molecule has 0 fully saturated rings. The van der Waals surface area contributed by atoms with Crippen LogP contribution in [0.5, 0.6) is 11.5 Å². The molecule has 0 aliphatic carbocycles. The van der Waals surface area contributed by atoms with E-state index in [2.05, 4.69) is 5.32 Å². The van der Waals surface area contributed by atoms with Crippen molar-refractivity contribution in [2.75, 3.05) is 5.32 Å². The van der Waals surface area contributed by atoms with E-state index in [1.165, 1.54) is 5.56 Å². The van der Waals surface area contributed by atoms with Gasteiger partial charge in [0.1, 0.15) is 11.5 Å². The highest BCUT2D eigenvalue weighted by Crippen LogP contribution is 2.25. The van der Waals surface area contributed by atoms with Crippen molar-refractivity contribution in [3.63, 3.8) is 0 Å². The summed E-state index contributed by atoms with van der Waals surface area (Å²) in [5.74, 6) is 0.252. The van der Waals surface area contributed by atoms with E-state index in [1.807, 2.05) is 38.1 Å². The zero-order chi connectivity index (χ0) is 24.5. The summed E-state index contributed by atoms with van der Waals surface area (Å²) in [6.45, 7) is 5.85. The van der Waals surface area contributed by atoms with E-state index in [0.717, 1.165) is 11.3 Å². The van der Waals surface area contributed by atoms with Crippen LogP contribution >= 0.6 is 0 Å². The van der Waals surface area contributed by atoms with Gasteiger partial charge in [-0.2, -0.15) is 0 Å². The first-order valence-corrected chi connectivity index (χ1v) is 11.3. The predicted octanol–water partition coefficient (Wildman–Crippen LogP) is 6.02. The van der Waals surface area contributed by atoms with Gasteiger partial charge in [-0.25, -0.2) is 0 Å². The summed E-state index contributed by atoms with van der Waals surface area (Å²) in [6.07, 6.45) is -0.654. The molecule has 0 radical (unpaired) electrons. The predicted molar refractivity (Wildman–Crippen MR) is 131 cm³/mol. The lowest BCUT2D eigenvalue weighted by molar-refractivity contribution is -0.148. The largest absolute Gasteiger partial charge is 0.457 e. The van der Waals surface area contributed by atoms with Crippen molar-refractivity contribution in [3.8, 4) is 11.5 Å². The Labute approximate surface area is 199 Å². The zero-order valence-electron chi connectivity index (χ0n) is 19.7. The second-order valence-corrected chi connectivity index (χ2v) is 8.04. The highest BCUT2D eigenvalue weighted by molar-refractivity contribution is 6.00. The number of anilines is 1. The summed E-state index contributed by atoms with van der Waals surface area (Å²) in [4.78, 5) is 37.0. The molecule has 176 valence electrons. The number of carbonyl (C=O) groups excluding carboxylic acids is 3. The average Bonchev–Trinajstić information content (AvgIpc) is 2.85. The van der Waals surface area contributed by atoms with Crippen molar-refractivity contribution >= 4 is 23.3 Å². The third-order valence-electron chi connectivity index (χ3n) is 5.40.